The molecule has 48 heavy (non-hydrogen) atoms. The molecule has 3 amide bonds. The normalized spacial score (nSPS) is 20.9. The van der Waals surface area contributed by atoms with Crippen molar-refractivity contribution in [3.05, 3.63) is 78.4 Å². The summed E-state index contributed by atoms with van der Waals surface area (Å²) in [5.74, 6) is 0.0127. The molecule has 254 valence electrons. The van der Waals surface area contributed by atoms with Crippen molar-refractivity contribution in [3.63, 3.8) is 0 Å². The highest BCUT2D eigenvalue weighted by molar-refractivity contribution is 5.90. The summed E-state index contributed by atoms with van der Waals surface area (Å²) in [6.07, 6.45) is 7.86. The molecule has 0 bridgehead atoms. The van der Waals surface area contributed by atoms with Crippen LogP contribution in [0, 0.1) is 0 Å². The number of fused-ring (bicyclic) bond motifs is 1. The largest absolute Gasteiger partial charge is 0.497 e. The van der Waals surface area contributed by atoms with Gasteiger partial charge in [-0.2, -0.15) is 9.97 Å². The standard InChI is InChI=1S/C36H43N5O7/c1-46-27-18-16-25(17-19-27)23-40-20-12-7-5-3-4-6-11-15-29(35(43)44)37-34(42)30-21-28(24-41(30)36(40)45)48-32-22-31(47-2)38-33(39-32)26-13-9-8-10-14-26/h4,6,8-10,13-14,16-19,22,28-30H,3,5,7,11-12,15,20-21,23-24H2,1-2H3,(H,37,42)(H,43,44). The summed E-state index contributed by atoms with van der Waals surface area (Å²) in [5.41, 5.74) is 1.69. The fourth-order valence-electron chi connectivity index (χ4n) is 5.94. The van der Waals surface area contributed by atoms with Crippen LogP contribution in [0.5, 0.6) is 17.5 Å². The molecule has 12 heteroatoms. The van der Waals surface area contributed by atoms with E-state index in [1.54, 1.807) is 18.1 Å². The van der Waals surface area contributed by atoms with Gasteiger partial charge in [-0.1, -0.05) is 61.0 Å². The van der Waals surface area contributed by atoms with Gasteiger partial charge in [0.05, 0.1) is 26.8 Å². The second kappa shape index (κ2) is 16.6. The average Bonchev–Trinajstić information content (AvgIpc) is 3.53. The SMILES string of the molecule is COc1ccc(CN2CCCCCC=CCCC(C(=O)O)NC(=O)C3CC(Oc4cc(OC)nc(-c5ccccc5)n4)CN3C2=O)cc1. The van der Waals surface area contributed by atoms with Crippen molar-refractivity contribution in [1.29, 1.82) is 0 Å². The second-order valence-corrected chi connectivity index (χ2v) is 11.9. The maximum absolute atomic E-state index is 14.4. The van der Waals surface area contributed by atoms with Crippen molar-refractivity contribution < 1.29 is 33.7 Å². The van der Waals surface area contributed by atoms with Gasteiger partial charge in [-0.25, -0.2) is 9.59 Å². The first kappa shape index (κ1) is 34.2. The molecule has 2 N–H and O–H groups in total. The van der Waals surface area contributed by atoms with E-state index < -0.39 is 30.1 Å². The topological polar surface area (TPSA) is 143 Å². The first-order valence-corrected chi connectivity index (χ1v) is 16.4. The highest BCUT2D eigenvalue weighted by Gasteiger charge is 2.43. The van der Waals surface area contributed by atoms with E-state index in [4.69, 9.17) is 14.2 Å². The average molecular weight is 658 g/mol. The molecular formula is C36H43N5O7. The quantitative estimate of drug-likeness (QED) is 0.317. The summed E-state index contributed by atoms with van der Waals surface area (Å²) >= 11 is 0. The van der Waals surface area contributed by atoms with Crippen molar-refractivity contribution in [2.75, 3.05) is 27.3 Å². The lowest BCUT2D eigenvalue weighted by Gasteiger charge is -2.32. The Bertz CT molecular complexity index is 1570. The molecule has 0 radical (unpaired) electrons. The van der Waals surface area contributed by atoms with Gasteiger partial charge in [0.25, 0.3) is 0 Å². The van der Waals surface area contributed by atoms with Gasteiger partial charge in [0.15, 0.2) is 5.82 Å². The number of benzene rings is 2. The molecule has 3 atom stereocenters. The van der Waals surface area contributed by atoms with Crippen molar-refractivity contribution in [2.45, 2.75) is 69.7 Å². The third-order valence-electron chi connectivity index (χ3n) is 8.52. The first-order chi connectivity index (χ1) is 23.3. The monoisotopic (exact) mass is 657 g/mol. The zero-order valence-corrected chi connectivity index (χ0v) is 27.4. The Morgan fingerprint density at radius 3 is 2.42 bits per heavy atom. The van der Waals surface area contributed by atoms with Crippen LogP contribution in [0.4, 0.5) is 4.79 Å². The van der Waals surface area contributed by atoms with Crippen molar-refractivity contribution in [2.24, 2.45) is 0 Å². The molecule has 1 aromatic heterocycles. The van der Waals surface area contributed by atoms with Crippen LogP contribution in [-0.4, -0.2) is 88.3 Å². The highest BCUT2D eigenvalue weighted by atomic mass is 16.5. The zero-order chi connectivity index (χ0) is 33.9. The smallest absolute Gasteiger partial charge is 0.326 e. The second-order valence-electron chi connectivity index (χ2n) is 11.9. The maximum Gasteiger partial charge on any atom is 0.326 e. The summed E-state index contributed by atoms with van der Waals surface area (Å²) in [5, 5.41) is 12.6. The van der Waals surface area contributed by atoms with Crippen molar-refractivity contribution in [1.82, 2.24) is 25.1 Å². The van der Waals surface area contributed by atoms with Crippen molar-refractivity contribution >= 4 is 17.9 Å². The molecule has 3 unspecified atom stereocenters. The van der Waals surface area contributed by atoms with Crippen LogP contribution in [0.25, 0.3) is 11.4 Å². The number of nitrogens with zero attached hydrogens (tertiary/aromatic N) is 4. The summed E-state index contributed by atoms with van der Waals surface area (Å²) in [6, 6.07) is 16.1. The summed E-state index contributed by atoms with van der Waals surface area (Å²) in [4.78, 5) is 52.6. The number of rotatable bonds is 8. The number of carboxylic acids is 1. The number of nitrogens with one attached hydrogen (secondary N) is 1. The third kappa shape index (κ3) is 9.02. The number of amides is 3. The van der Waals surface area contributed by atoms with E-state index in [-0.39, 0.29) is 31.3 Å². The Kier molecular flexibility index (Phi) is 11.8. The molecule has 12 nitrogen and oxygen atoms in total. The Hall–Kier alpha value is -5.13. The molecule has 3 heterocycles. The molecule has 1 saturated heterocycles. The molecule has 0 spiro atoms. The van der Waals surface area contributed by atoms with Crippen molar-refractivity contribution in [3.8, 4) is 28.9 Å². The van der Waals surface area contributed by atoms with Gasteiger partial charge in [0, 0.05) is 25.1 Å². The van der Waals surface area contributed by atoms with Crippen LogP contribution in [0.15, 0.2) is 72.8 Å². The number of aliphatic carboxylic acids is 1. The van der Waals surface area contributed by atoms with Gasteiger partial charge < -0.3 is 34.4 Å². The van der Waals surface area contributed by atoms with Gasteiger partial charge in [-0.3, -0.25) is 4.79 Å². The lowest BCUT2D eigenvalue weighted by atomic mass is 10.1. The number of ether oxygens (including phenoxy) is 3. The number of carboxylic acid groups (broad SMARTS) is 1. The molecular weight excluding hydrogens is 614 g/mol. The lowest BCUT2D eigenvalue weighted by molar-refractivity contribution is -0.142. The summed E-state index contributed by atoms with van der Waals surface area (Å²) in [6.45, 7) is 0.927. The molecule has 3 aromatic rings. The Labute approximate surface area is 280 Å². The molecule has 1 fully saturated rings. The van der Waals surface area contributed by atoms with E-state index in [1.807, 2.05) is 60.7 Å². The van der Waals surface area contributed by atoms with E-state index in [9.17, 15) is 19.5 Å². The van der Waals surface area contributed by atoms with E-state index in [1.165, 1.54) is 12.0 Å². The van der Waals surface area contributed by atoms with E-state index in [0.717, 1.165) is 36.8 Å². The first-order valence-electron chi connectivity index (χ1n) is 16.4. The van der Waals surface area contributed by atoms with E-state index in [0.29, 0.717) is 37.0 Å². The van der Waals surface area contributed by atoms with E-state index >= 15 is 0 Å². The fraction of sp³-hybridized carbons (Fsp3) is 0.417. The van der Waals surface area contributed by atoms with E-state index in [2.05, 4.69) is 21.4 Å². The van der Waals surface area contributed by atoms with Crippen LogP contribution < -0.4 is 19.5 Å². The summed E-state index contributed by atoms with van der Waals surface area (Å²) in [7, 11) is 3.11. The van der Waals surface area contributed by atoms with Gasteiger partial charge in [-0.15, -0.1) is 0 Å². The Morgan fingerprint density at radius 2 is 1.69 bits per heavy atom. The number of carbonyl (C=O) groups excluding carboxylic acids is 2. The predicted molar refractivity (Wildman–Crippen MR) is 179 cm³/mol. The van der Waals surface area contributed by atoms with Crippen LogP contribution in [-0.2, 0) is 16.1 Å². The zero-order valence-electron chi connectivity index (χ0n) is 27.4. The molecule has 0 aliphatic carbocycles. The Morgan fingerprint density at radius 1 is 0.938 bits per heavy atom. The minimum absolute atomic E-state index is 0.101. The minimum Gasteiger partial charge on any atom is -0.497 e. The fourth-order valence-corrected chi connectivity index (χ4v) is 5.94. The van der Waals surface area contributed by atoms with Gasteiger partial charge in [0.1, 0.15) is 23.9 Å². The third-order valence-corrected chi connectivity index (χ3v) is 8.52. The number of carbonyl (C=O) groups is 3. The maximum atomic E-state index is 14.4. The van der Waals surface area contributed by atoms with Crippen LogP contribution in [0.1, 0.15) is 50.5 Å². The lowest BCUT2D eigenvalue weighted by Crippen LogP contribution is -2.53. The number of urea groups is 1. The molecule has 5 rings (SSSR count). The minimum atomic E-state index is -1.12. The molecule has 2 aliphatic rings. The van der Waals surface area contributed by atoms with Gasteiger partial charge >= 0.3 is 12.0 Å². The predicted octanol–water partition coefficient (Wildman–Crippen LogP) is 5.08. The van der Waals surface area contributed by atoms with Crippen LogP contribution in [0.2, 0.25) is 0 Å². The number of hydrogen-bond acceptors (Lipinski definition) is 8. The Balaban J connectivity index is 1.44. The number of hydrogen-bond donors (Lipinski definition) is 2. The van der Waals surface area contributed by atoms with Crippen LogP contribution in [0.3, 0.4) is 0 Å². The van der Waals surface area contributed by atoms with Gasteiger partial charge in [-0.05, 0) is 49.8 Å². The summed E-state index contributed by atoms with van der Waals surface area (Å²) < 4.78 is 17.0. The van der Waals surface area contributed by atoms with Crippen LogP contribution >= 0.6 is 0 Å². The molecule has 2 aromatic carbocycles. The number of allylic oxidation sites excluding steroid dienone is 2. The molecule has 0 saturated carbocycles. The number of aromatic nitrogens is 2. The highest BCUT2D eigenvalue weighted by Crippen LogP contribution is 2.28. The number of methoxy groups -OCH3 is 2. The van der Waals surface area contributed by atoms with Gasteiger partial charge in [0.2, 0.25) is 17.7 Å². The molecule has 2 aliphatic heterocycles.